The van der Waals surface area contributed by atoms with Crippen molar-refractivity contribution in [2.45, 2.75) is 36.4 Å². The largest absolute Gasteiger partial charge is 0.486 e. The molecule has 3 heteroatoms. The van der Waals surface area contributed by atoms with E-state index < -0.39 is 0 Å². The molecule has 0 spiro atoms. The first-order valence-corrected chi connectivity index (χ1v) is 6.97. The quantitative estimate of drug-likeness (QED) is 0.642. The first-order chi connectivity index (χ1) is 8.31. The van der Waals surface area contributed by atoms with E-state index in [0.717, 1.165) is 30.8 Å². The van der Waals surface area contributed by atoms with Crippen molar-refractivity contribution in [3.05, 3.63) is 36.9 Å². The van der Waals surface area contributed by atoms with E-state index in [0.29, 0.717) is 0 Å². The van der Waals surface area contributed by atoms with Gasteiger partial charge in [-0.2, -0.15) is 0 Å². The van der Waals surface area contributed by atoms with Crippen molar-refractivity contribution in [1.29, 1.82) is 0 Å². The molecule has 0 amide bonds. The van der Waals surface area contributed by atoms with Crippen LogP contribution in [0.3, 0.4) is 0 Å². The number of thioether (sulfide) groups is 1. The second-order valence-corrected chi connectivity index (χ2v) is 5.26. The van der Waals surface area contributed by atoms with Crippen molar-refractivity contribution >= 4 is 11.8 Å². The van der Waals surface area contributed by atoms with Gasteiger partial charge in [-0.3, -0.25) is 0 Å². The van der Waals surface area contributed by atoms with E-state index >= 15 is 0 Å². The molecule has 2 rings (SSSR count). The van der Waals surface area contributed by atoms with Crippen LogP contribution in [0.2, 0.25) is 0 Å². The van der Waals surface area contributed by atoms with Gasteiger partial charge in [0.1, 0.15) is 11.9 Å². The Kier molecular flexibility index (Phi) is 4.51. The smallest absolute Gasteiger partial charge is 0.134 e. The van der Waals surface area contributed by atoms with E-state index in [4.69, 9.17) is 4.74 Å². The maximum absolute atomic E-state index is 10.1. The third kappa shape index (κ3) is 3.27. The fraction of sp³-hybridized carbons (Fsp3) is 0.429. The van der Waals surface area contributed by atoms with Crippen LogP contribution < -0.4 is 4.74 Å². The van der Waals surface area contributed by atoms with E-state index in [-0.39, 0.29) is 12.2 Å². The topological polar surface area (TPSA) is 29.5 Å². The van der Waals surface area contributed by atoms with Crippen LogP contribution in [0.1, 0.15) is 19.3 Å². The van der Waals surface area contributed by atoms with Crippen LogP contribution in [-0.4, -0.2) is 23.1 Å². The third-order valence-electron chi connectivity index (χ3n) is 2.87. The molecule has 2 atom stereocenters. The number of allylic oxidation sites excluding steroid dienone is 1. The molecule has 1 N–H and O–H groups in total. The number of benzene rings is 1. The molecule has 1 aromatic rings. The van der Waals surface area contributed by atoms with Crippen LogP contribution in [0, 0.1) is 0 Å². The van der Waals surface area contributed by atoms with Crippen molar-refractivity contribution in [2.24, 2.45) is 0 Å². The molecule has 1 aliphatic heterocycles. The van der Waals surface area contributed by atoms with Crippen LogP contribution >= 0.6 is 11.8 Å². The zero-order valence-electron chi connectivity index (χ0n) is 9.84. The molecule has 0 saturated heterocycles. The number of rotatable bonds is 5. The average molecular weight is 250 g/mol. The Balaban J connectivity index is 1.90. The molecule has 1 aromatic carbocycles. The molecule has 0 bridgehead atoms. The highest BCUT2D eigenvalue weighted by Gasteiger charge is 2.26. The van der Waals surface area contributed by atoms with Gasteiger partial charge in [-0.25, -0.2) is 0 Å². The Labute approximate surface area is 107 Å². The number of hydrogen-bond acceptors (Lipinski definition) is 3. The summed E-state index contributed by atoms with van der Waals surface area (Å²) in [6.07, 6.45) is 4.12. The lowest BCUT2D eigenvalue weighted by atomic mass is 10.1. The first-order valence-electron chi connectivity index (χ1n) is 5.98. The maximum Gasteiger partial charge on any atom is 0.134 e. The Morgan fingerprint density at radius 3 is 3.18 bits per heavy atom. The second kappa shape index (κ2) is 6.12. The summed E-state index contributed by atoms with van der Waals surface area (Å²) in [5.74, 6) is 1.73. The second-order valence-electron chi connectivity index (χ2n) is 4.20. The Morgan fingerprint density at radius 2 is 2.35 bits per heavy atom. The maximum atomic E-state index is 10.1. The van der Waals surface area contributed by atoms with Crippen LogP contribution in [0.25, 0.3) is 0 Å². The summed E-state index contributed by atoms with van der Waals surface area (Å²) in [6.45, 7) is 3.68. The highest BCUT2D eigenvalue weighted by atomic mass is 32.2. The summed E-state index contributed by atoms with van der Waals surface area (Å²) in [6, 6.07) is 7.99. The van der Waals surface area contributed by atoms with Gasteiger partial charge in [-0.1, -0.05) is 18.2 Å². The standard InChI is InChI=1S/C14H18O2S/c1-2-3-4-7-11(15)13-10-17-14-9-6-5-8-12(14)16-13/h2,5-6,8-9,11,13,15H,1,3-4,7,10H2. The van der Waals surface area contributed by atoms with Gasteiger partial charge in [-0.15, -0.1) is 18.3 Å². The predicted molar refractivity (Wildman–Crippen MR) is 71.6 cm³/mol. The molecule has 1 aliphatic rings. The molecule has 0 aliphatic carbocycles. The van der Waals surface area contributed by atoms with Crippen molar-refractivity contribution in [1.82, 2.24) is 0 Å². The van der Waals surface area contributed by atoms with Crippen molar-refractivity contribution in [3.63, 3.8) is 0 Å². The average Bonchev–Trinajstić information content (AvgIpc) is 2.38. The zero-order chi connectivity index (χ0) is 12.1. The number of para-hydroxylation sites is 1. The van der Waals surface area contributed by atoms with Gasteiger partial charge < -0.3 is 9.84 Å². The summed E-state index contributed by atoms with van der Waals surface area (Å²) in [4.78, 5) is 1.17. The summed E-state index contributed by atoms with van der Waals surface area (Å²) >= 11 is 1.76. The normalized spacial score (nSPS) is 20.2. The van der Waals surface area contributed by atoms with Crippen molar-refractivity contribution < 1.29 is 9.84 Å². The SMILES string of the molecule is C=CCCCC(O)C1CSc2ccccc2O1. The minimum atomic E-state index is -0.379. The Morgan fingerprint density at radius 1 is 1.53 bits per heavy atom. The van der Waals surface area contributed by atoms with Gasteiger partial charge in [0.15, 0.2) is 0 Å². The van der Waals surface area contributed by atoms with Crippen LogP contribution in [0.4, 0.5) is 0 Å². The molecule has 0 saturated carbocycles. The van der Waals surface area contributed by atoms with E-state index in [1.165, 1.54) is 4.90 Å². The number of ether oxygens (including phenoxy) is 1. The lowest BCUT2D eigenvalue weighted by Crippen LogP contribution is -2.35. The van der Waals surface area contributed by atoms with Gasteiger partial charge in [0.05, 0.1) is 6.10 Å². The zero-order valence-corrected chi connectivity index (χ0v) is 10.7. The minimum absolute atomic E-state index is 0.0836. The van der Waals surface area contributed by atoms with Gasteiger partial charge in [-0.05, 0) is 31.4 Å². The van der Waals surface area contributed by atoms with E-state index in [9.17, 15) is 5.11 Å². The van der Waals surface area contributed by atoms with E-state index in [1.54, 1.807) is 11.8 Å². The minimum Gasteiger partial charge on any atom is -0.486 e. The Bertz CT molecular complexity index is 378. The highest BCUT2D eigenvalue weighted by molar-refractivity contribution is 7.99. The molecule has 1 heterocycles. The fourth-order valence-corrected chi connectivity index (χ4v) is 2.95. The van der Waals surface area contributed by atoms with E-state index in [2.05, 4.69) is 12.6 Å². The van der Waals surface area contributed by atoms with Gasteiger partial charge in [0.25, 0.3) is 0 Å². The lowest BCUT2D eigenvalue weighted by Gasteiger charge is -2.29. The Hall–Kier alpha value is -0.930. The lowest BCUT2D eigenvalue weighted by molar-refractivity contribution is 0.0397. The molecule has 0 fully saturated rings. The molecule has 17 heavy (non-hydrogen) atoms. The van der Waals surface area contributed by atoms with Gasteiger partial charge in [0, 0.05) is 10.6 Å². The van der Waals surface area contributed by atoms with Crippen LogP contribution in [0.15, 0.2) is 41.8 Å². The molecule has 92 valence electrons. The summed E-state index contributed by atoms with van der Waals surface area (Å²) < 4.78 is 5.83. The van der Waals surface area contributed by atoms with Crippen LogP contribution in [0.5, 0.6) is 5.75 Å². The first kappa shape index (κ1) is 12.5. The van der Waals surface area contributed by atoms with Gasteiger partial charge in [0.2, 0.25) is 0 Å². The highest BCUT2D eigenvalue weighted by Crippen LogP contribution is 2.36. The van der Waals surface area contributed by atoms with Gasteiger partial charge >= 0.3 is 0 Å². The van der Waals surface area contributed by atoms with Crippen molar-refractivity contribution in [2.75, 3.05) is 5.75 Å². The number of unbranched alkanes of at least 4 members (excludes halogenated alkanes) is 1. The van der Waals surface area contributed by atoms with Crippen molar-refractivity contribution in [3.8, 4) is 5.75 Å². The monoisotopic (exact) mass is 250 g/mol. The number of aliphatic hydroxyl groups is 1. The van der Waals surface area contributed by atoms with Crippen LogP contribution in [-0.2, 0) is 0 Å². The summed E-state index contributed by atoms with van der Waals surface area (Å²) in [7, 11) is 0. The molecule has 2 nitrogen and oxygen atoms in total. The number of hydrogen-bond donors (Lipinski definition) is 1. The predicted octanol–water partition coefficient (Wildman–Crippen LogP) is 3.26. The molecule has 2 unspecified atom stereocenters. The fourth-order valence-electron chi connectivity index (χ4n) is 1.88. The molecular weight excluding hydrogens is 232 g/mol. The summed E-state index contributed by atoms with van der Waals surface area (Å²) in [5, 5.41) is 10.1. The van der Waals surface area contributed by atoms with E-state index in [1.807, 2.05) is 24.3 Å². The third-order valence-corrected chi connectivity index (χ3v) is 4.01. The molecule has 0 radical (unpaired) electrons. The summed E-state index contributed by atoms with van der Waals surface area (Å²) in [5.41, 5.74) is 0. The molecular formula is C14H18O2S. The molecule has 0 aromatic heterocycles. The number of fused-ring (bicyclic) bond motifs is 1. The number of aliphatic hydroxyl groups excluding tert-OH is 1.